The molecular formula is C12H12F2N2O. The van der Waals surface area contributed by atoms with Crippen molar-refractivity contribution in [1.82, 2.24) is 9.78 Å². The number of benzene rings is 1. The van der Waals surface area contributed by atoms with Gasteiger partial charge in [-0.25, -0.2) is 0 Å². The first kappa shape index (κ1) is 11.6. The molecule has 2 aromatic rings. The molecule has 0 aliphatic rings. The number of rotatable bonds is 4. The third kappa shape index (κ3) is 2.81. The lowest BCUT2D eigenvalue weighted by atomic mass is 10.1. The topological polar surface area (TPSA) is 27.1 Å². The monoisotopic (exact) mass is 238 g/mol. The fourth-order valence-electron chi connectivity index (χ4n) is 1.41. The highest BCUT2D eigenvalue weighted by Crippen LogP contribution is 2.28. The predicted molar refractivity (Wildman–Crippen MR) is 59.0 cm³/mol. The molecule has 3 nitrogen and oxygen atoms in total. The Morgan fingerprint density at radius 2 is 2.00 bits per heavy atom. The van der Waals surface area contributed by atoms with Crippen LogP contribution < -0.4 is 4.74 Å². The van der Waals surface area contributed by atoms with Crippen LogP contribution in [0.4, 0.5) is 8.78 Å². The van der Waals surface area contributed by atoms with E-state index in [2.05, 4.69) is 5.10 Å². The SMILES string of the molecule is Cn1cc(OCC(F)(F)c2ccccc2)cn1. The van der Waals surface area contributed by atoms with E-state index in [9.17, 15) is 8.78 Å². The number of aromatic nitrogens is 2. The molecule has 0 N–H and O–H groups in total. The van der Waals surface area contributed by atoms with Crippen molar-refractivity contribution in [3.8, 4) is 5.75 Å². The van der Waals surface area contributed by atoms with Gasteiger partial charge in [-0.1, -0.05) is 30.3 Å². The van der Waals surface area contributed by atoms with E-state index in [-0.39, 0.29) is 5.56 Å². The molecule has 90 valence electrons. The van der Waals surface area contributed by atoms with Gasteiger partial charge < -0.3 is 4.74 Å². The third-order valence-electron chi connectivity index (χ3n) is 2.30. The highest BCUT2D eigenvalue weighted by molar-refractivity contribution is 5.20. The Kier molecular flexibility index (Phi) is 3.08. The molecule has 0 aliphatic carbocycles. The van der Waals surface area contributed by atoms with Crippen molar-refractivity contribution in [2.24, 2.45) is 7.05 Å². The molecule has 0 saturated heterocycles. The second kappa shape index (κ2) is 4.53. The Morgan fingerprint density at radius 3 is 2.59 bits per heavy atom. The fourth-order valence-corrected chi connectivity index (χ4v) is 1.41. The van der Waals surface area contributed by atoms with Crippen molar-refractivity contribution in [1.29, 1.82) is 0 Å². The maximum absolute atomic E-state index is 13.7. The van der Waals surface area contributed by atoms with Crippen LogP contribution in [0.2, 0.25) is 0 Å². The van der Waals surface area contributed by atoms with Crippen LogP contribution in [0.3, 0.4) is 0 Å². The molecular weight excluding hydrogens is 226 g/mol. The van der Waals surface area contributed by atoms with Gasteiger partial charge in [0, 0.05) is 12.6 Å². The molecule has 0 unspecified atom stereocenters. The van der Waals surface area contributed by atoms with Crippen LogP contribution in [-0.4, -0.2) is 16.4 Å². The largest absolute Gasteiger partial charge is 0.484 e. The van der Waals surface area contributed by atoms with Gasteiger partial charge in [-0.3, -0.25) is 4.68 Å². The first-order valence-corrected chi connectivity index (χ1v) is 5.13. The summed E-state index contributed by atoms with van der Waals surface area (Å²) in [6.45, 7) is -0.692. The van der Waals surface area contributed by atoms with Crippen molar-refractivity contribution >= 4 is 0 Å². The summed E-state index contributed by atoms with van der Waals surface area (Å²) in [7, 11) is 1.70. The van der Waals surface area contributed by atoms with Crippen LogP contribution in [0.5, 0.6) is 5.75 Å². The minimum absolute atomic E-state index is 0.0520. The average molecular weight is 238 g/mol. The van der Waals surface area contributed by atoms with Crippen molar-refractivity contribution < 1.29 is 13.5 Å². The van der Waals surface area contributed by atoms with Crippen LogP contribution in [-0.2, 0) is 13.0 Å². The summed E-state index contributed by atoms with van der Waals surface area (Å²) in [5.41, 5.74) is -0.0520. The molecule has 17 heavy (non-hydrogen) atoms. The second-order valence-corrected chi connectivity index (χ2v) is 3.71. The Hall–Kier alpha value is -1.91. The van der Waals surface area contributed by atoms with Crippen molar-refractivity contribution in [3.05, 3.63) is 48.3 Å². The number of aryl methyl sites for hydroxylation is 1. The molecule has 0 atom stereocenters. The number of ether oxygens (including phenoxy) is 1. The number of nitrogens with zero attached hydrogens (tertiary/aromatic N) is 2. The summed E-state index contributed by atoms with van der Waals surface area (Å²) in [5.74, 6) is -2.67. The first-order valence-electron chi connectivity index (χ1n) is 5.13. The Balaban J connectivity index is 2.03. The van der Waals surface area contributed by atoms with E-state index in [1.165, 1.54) is 23.0 Å². The molecule has 0 spiro atoms. The second-order valence-electron chi connectivity index (χ2n) is 3.71. The normalized spacial score (nSPS) is 11.5. The van der Waals surface area contributed by atoms with Crippen LogP contribution in [0.1, 0.15) is 5.56 Å². The minimum atomic E-state index is -3.00. The van der Waals surface area contributed by atoms with Gasteiger partial charge in [0.15, 0.2) is 12.4 Å². The molecule has 0 amide bonds. The lowest BCUT2D eigenvalue weighted by Gasteiger charge is -2.16. The fraction of sp³-hybridized carbons (Fsp3) is 0.250. The van der Waals surface area contributed by atoms with E-state index in [0.29, 0.717) is 5.75 Å². The van der Waals surface area contributed by atoms with Crippen LogP contribution >= 0.6 is 0 Å². The maximum Gasteiger partial charge on any atom is 0.306 e. The molecule has 1 aromatic heterocycles. The van der Waals surface area contributed by atoms with Gasteiger partial charge in [0.2, 0.25) is 0 Å². The molecule has 0 fully saturated rings. The standard InChI is InChI=1S/C12H12F2N2O/c1-16-8-11(7-15-16)17-9-12(13,14)10-5-3-2-4-6-10/h2-8H,9H2,1H3. The predicted octanol–water partition coefficient (Wildman–Crippen LogP) is 2.59. The number of halogens is 2. The highest BCUT2D eigenvalue weighted by Gasteiger charge is 2.32. The summed E-state index contributed by atoms with van der Waals surface area (Å²) in [6, 6.07) is 7.61. The number of alkyl halides is 2. The minimum Gasteiger partial charge on any atom is -0.484 e. The number of hydrogen-bond donors (Lipinski definition) is 0. The van der Waals surface area contributed by atoms with E-state index >= 15 is 0 Å². The molecule has 0 aliphatic heterocycles. The molecule has 0 radical (unpaired) electrons. The number of hydrogen-bond acceptors (Lipinski definition) is 2. The van der Waals surface area contributed by atoms with Gasteiger partial charge in [-0.05, 0) is 0 Å². The van der Waals surface area contributed by atoms with Crippen molar-refractivity contribution in [3.63, 3.8) is 0 Å². The van der Waals surface area contributed by atoms with E-state index in [4.69, 9.17) is 4.74 Å². The maximum atomic E-state index is 13.7. The lowest BCUT2D eigenvalue weighted by molar-refractivity contribution is -0.0467. The highest BCUT2D eigenvalue weighted by atomic mass is 19.3. The van der Waals surface area contributed by atoms with Crippen molar-refractivity contribution in [2.45, 2.75) is 5.92 Å². The van der Waals surface area contributed by atoms with Crippen LogP contribution in [0.15, 0.2) is 42.7 Å². The summed E-state index contributed by atoms with van der Waals surface area (Å²) < 4.78 is 33.9. The van der Waals surface area contributed by atoms with Crippen LogP contribution in [0.25, 0.3) is 0 Å². The molecule has 1 heterocycles. The smallest absolute Gasteiger partial charge is 0.306 e. The van der Waals surface area contributed by atoms with E-state index in [0.717, 1.165) is 0 Å². The molecule has 1 aromatic carbocycles. The zero-order valence-corrected chi connectivity index (χ0v) is 9.31. The molecule has 0 bridgehead atoms. The quantitative estimate of drug-likeness (QED) is 0.818. The Labute approximate surface area is 97.6 Å². The summed E-state index contributed by atoms with van der Waals surface area (Å²) in [5, 5.41) is 3.84. The lowest BCUT2D eigenvalue weighted by Crippen LogP contribution is -2.22. The molecule has 5 heteroatoms. The summed E-state index contributed by atoms with van der Waals surface area (Å²) in [6.07, 6.45) is 2.95. The average Bonchev–Trinajstić information content (AvgIpc) is 2.74. The first-order chi connectivity index (χ1) is 8.08. The Bertz CT molecular complexity index is 482. The van der Waals surface area contributed by atoms with Crippen LogP contribution in [0, 0.1) is 0 Å². The van der Waals surface area contributed by atoms with Gasteiger partial charge in [0.1, 0.15) is 0 Å². The Morgan fingerprint density at radius 1 is 1.29 bits per heavy atom. The van der Waals surface area contributed by atoms with E-state index < -0.39 is 12.5 Å². The van der Waals surface area contributed by atoms with E-state index in [1.54, 1.807) is 31.4 Å². The van der Waals surface area contributed by atoms with Gasteiger partial charge >= 0.3 is 5.92 Å². The van der Waals surface area contributed by atoms with Gasteiger partial charge in [-0.2, -0.15) is 13.9 Å². The van der Waals surface area contributed by atoms with Gasteiger partial charge in [-0.15, -0.1) is 0 Å². The third-order valence-corrected chi connectivity index (χ3v) is 2.30. The van der Waals surface area contributed by atoms with Gasteiger partial charge in [0.25, 0.3) is 0 Å². The summed E-state index contributed by atoms with van der Waals surface area (Å²) in [4.78, 5) is 0. The molecule has 0 saturated carbocycles. The zero-order valence-electron chi connectivity index (χ0n) is 9.31. The molecule has 2 rings (SSSR count). The van der Waals surface area contributed by atoms with Crippen molar-refractivity contribution in [2.75, 3.05) is 6.61 Å². The zero-order chi connectivity index (χ0) is 12.3. The van der Waals surface area contributed by atoms with E-state index in [1.807, 2.05) is 0 Å². The summed E-state index contributed by atoms with van der Waals surface area (Å²) >= 11 is 0. The van der Waals surface area contributed by atoms with Gasteiger partial charge in [0.05, 0.1) is 12.4 Å².